The van der Waals surface area contributed by atoms with Crippen LogP contribution in [0.15, 0.2) is 60.7 Å². The van der Waals surface area contributed by atoms with Crippen molar-refractivity contribution < 1.29 is 9.18 Å². The number of hydrogen-bond donors (Lipinski definition) is 1. The second kappa shape index (κ2) is 10.6. The van der Waals surface area contributed by atoms with Crippen molar-refractivity contribution in [1.82, 2.24) is 19.9 Å². The lowest BCUT2D eigenvalue weighted by Crippen LogP contribution is -2.27. The molecule has 2 aromatic carbocycles. The topological polar surface area (TPSA) is 62.5 Å². The summed E-state index contributed by atoms with van der Waals surface area (Å²) in [7, 11) is 0. The molecule has 0 bridgehead atoms. The van der Waals surface area contributed by atoms with Gasteiger partial charge in [0.1, 0.15) is 11.5 Å². The van der Waals surface area contributed by atoms with Gasteiger partial charge in [-0.15, -0.1) is 0 Å². The van der Waals surface area contributed by atoms with Crippen LogP contribution in [0, 0.1) is 5.82 Å². The first-order valence-corrected chi connectivity index (χ1v) is 14.0. The molecule has 6 nitrogen and oxygen atoms in total. The fourth-order valence-corrected chi connectivity index (χ4v) is 5.48. The summed E-state index contributed by atoms with van der Waals surface area (Å²) in [5.41, 5.74) is 7.42. The average molecular weight is 524 g/mol. The van der Waals surface area contributed by atoms with Gasteiger partial charge in [0.2, 0.25) is 0 Å². The van der Waals surface area contributed by atoms with E-state index in [1.54, 1.807) is 16.6 Å². The highest BCUT2D eigenvalue weighted by atomic mass is 19.1. The van der Waals surface area contributed by atoms with Crippen molar-refractivity contribution in [2.45, 2.75) is 51.9 Å². The molecule has 7 heteroatoms. The fourth-order valence-electron chi connectivity index (χ4n) is 5.48. The van der Waals surface area contributed by atoms with E-state index in [1.165, 1.54) is 16.7 Å². The summed E-state index contributed by atoms with van der Waals surface area (Å²) >= 11 is 0. The number of aromatic nitrogens is 3. The molecule has 1 aliphatic carbocycles. The Kier molecular flexibility index (Phi) is 6.90. The number of allylic oxidation sites excluding steroid dienone is 2. The number of hydrogen-bond acceptors (Lipinski definition) is 4. The number of nitrogens with one attached hydrogen (secondary N) is 1. The van der Waals surface area contributed by atoms with E-state index < -0.39 is 0 Å². The Morgan fingerprint density at radius 3 is 2.64 bits per heavy atom. The number of carbonyl (C=O) groups excluding carboxylic acids is 1. The molecule has 1 saturated carbocycles. The zero-order valence-electron chi connectivity index (χ0n) is 22.6. The van der Waals surface area contributed by atoms with Crippen LogP contribution in [0.25, 0.3) is 22.5 Å². The molecular weight excluding hydrogens is 489 g/mol. The van der Waals surface area contributed by atoms with Crippen molar-refractivity contribution in [1.29, 1.82) is 0 Å². The van der Waals surface area contributed by atoms with Gasteiger partial charge in [-0.05, 0) is 86.9 Å². The first kappa shape index (κ1) is 25.3. The third-order valence-electron chi connectivity index (χ3n) is 7.94. The highest BCUT2D eigenvalue weighted by Gasteiger charge is 2.29. The van der Waals surface area contributed by atoms with Crippen LogP contribution in [0.3, 0.4) is 0 Å². The van der Waals surface area contributed by atoms with Gasteiger partial charge >= 0.3 is 0 Å². The number of amides is 1. The largest absolute Gasteiger partial charge is 0.371 e. The van der Waals surface area contributed by atoms with Crippen LogP contribution < -0.4 is 10.2 Å². The zero-order valence-corrected chi connectivity index (χ0v) is 22.6. The fraction of sp³-hybridized carbons (Fsp3) is 0.344. The monoisotopic (exact) mass is 523 g/mol. The minimum Gasteiger partial charge on any atom is -0.371 e. The molecule has 1 aliphatic heterocycles. The Morgan fingerprint density at radius 1 is 1.10 bits per heavy atom. The van der Waals surface area contributed by atoms with Gasteiger partial charge in [0.15, 0.2) is 5.65 Å². The van der Waals surface area contributed by atoms with Crippen molar-refractivity contribution in [2.75, 3.05) is 24.5 Å². The summed E-state index contributed by atoms with van der Waals surface area (Å²) in [5, 5.41) is 7.78. The Balaban J connectivity index is 1.23. The normalized spacial score (nSPS) is 15.8. The molecule has 1 saturated heterocycles. The summed E-state index contributed by atoms with van der Waals surface area (Å²) in [6.45, 7) is 6.58. The van der Waals surface area contributed by atoms with Gasteiger partial charge in [0, 0.05) is 48.6 Å². The number of rotatable bonds is 8. The maximum Gasteiger partial charge on any atom is 0.270 e. The van der Waals surface area contributed by atoms with Crippen molar-refractivity contribution >= 4 is 22.8 Å². The molecule has 3 heterocycles. The summed E-state index contributed by atoms with van der Waals surface area (Å²) in [4.78, 5) is 20.0. The van der Waals surface area contributed by atoms with E-state index >= 15 is 4.39 Å². The van der Waals surface area contributed by atoms with Crippen LogP contribution in [-0.4, -0.2) is 40.1 Å². The van der Waals surface area contributed by atoms with Gasteiger partial charge in [-0.2, -0.15) is 5.10 Å². The smallest absolute Gasteiger partial charge is 0.270 e. The lowest BCUT2D eigenvalue weighted by Gasteiger charge is -2.17. The number of halogens is 1. The molecule has 2 fully saturated rings. The minimum absolute atomic E-state index is 0.205. The SMILES string of the molecule is C/C=C(/C)c1ccccc1CCNC(=O)c1cc(C2CC2)n2nc(-c3ccc(N4CCCC4)cc3F)cc2n1. The highest BCUT2D eigenvalue weighted by Crippen LogP contribution is 2.40. The van der Waals surface area contributed by atoms with Crippen LogP contribution in [0.1, 0.15) is 72.8 Å². The van der Waals surface area contributed by atoms with Crippen LogP contribution >= 0.6 is 0 Å². The summed E-state index contributed by atoms with van der Waals surface area (Å²) < 4.78 is 17.0. The molecule has 39 heavy (non-hydrogen) atoms. The number of carbonyl (C=O) groups is 1. The predicted octanol–water partition coefficient (Wildman–Crippen LogP) is 6.41. The maximum absolute atomic E-state index is 15.2. The Morgan fingerprint density at radius 2 is 1.90 bits per heavy atom. The van der Waals surface area contributed by atoms with Gasteiger partial charge in [0.25, 0.3) is 5.91 Å². The van der Waals surface area contributed by atoms with Crippen molar-refractivity contribution in [2.24, 2.45) is 0 Å². The van der Waals surface area contributed by atoms with Crippen LogP contribution in [0.4, 0.5) is 10.1 Å². The molecule has 0 unspecified atom stereocenters. The molecule has 200 valence electrons. The predicted molar refractivity (Wildman–Crippen MR) is 154 cm³/mol. The van der Waals surface area contributed by atoms with Crippen LogP contribution in [0.5, 0.6) is 0 Å². The molecule has 0 atom stereocenters. The number of nitrogens with zero attached hydrogens (tertiary/aromatic N) is 4. The van der Waals surface area contributed by atoms with Crippen LogP contribution in [0.2, 0.25) is 0 Å². The zero-order chi connectivity index (χ0) is 26.9. The van der Waals surface area contributed by atoms with Crippen molar-refractivity contribution in [3.05, 3.63) is 89.0 Å². The van der Waals surface area contributed by atoms with Gasteiger partial charge in [-0.3, -0.25) is 4.79 Å². The molecular formula is C32H34FN5O. The average Bonchev–Trinajstić information content (AvgIpc) is 3.47. The second-order valence-electron chi connectivity index (χ2n) is 10.6. The third-order valence-corrected chi connectivity index (χ3v) is 7.94. The van der Waals surface area contributed by atoms with E-state index in [-0.39, 0.29) is 11.7 Å². The quantitative estimate of drug-likeness (QED) is 0.290. The Hall–Kier alpha value is -4.00. The van der Waals surface area contributed by atoms with E-state index in [9.17, 15) is 4.79 Å². The number of benzene rings is 2. The van der Waals surface area contributed by atoms with Gasteiger partial charge in [-0.25, -0.2) is 13.9 Å². The molecule has 0 radical (unpaired) electrons. The van der Waals surface area contributed by atoms with Crippen molar-refractivity contribution in [3.8, 4) is 11.3 Å². The van der Waals surface area contributed by atoms with Gasteiger partial charge < -0.3 is 10.2 Å². The minimum atomic E-state index is -0.290. The summed E-state index contributed by atoms with van der Waals surface area (Å²) in [5.74, 6) is -0.154. The summed E-state index contributed by atoms with van der Waals surface area (Å²) in [6.07, 6.45) is 7.22. The van der Waals surface area contributed by atoms with E-state index in [0.717, 1.165) is 56.6 Å². The van der Waals surface area contributed by atoms with Gasteiger partial charge in [-0.1, -0.05) is 30.3 Å². The second-order valence-corrected chi connectivity index (χ2v) is 10.6. The highest BCUT2D eigenvalue weighted by molar-refractivity contribution is 5.93. The van der Waals surface area contributed by atoms with E-state index in [4.69, 9.17) is 5.10 Å². The van der Waals surface area contributed by atoms with E-state index in [1.807, 2.05) is 37.3 Å². The Labute approximate surface area is 228 Å². The van der Waals surface area contributed by atoms with E-state index in [0.29, 0.717) is 35.1 Å². The van der Waals surface area contributed by atoms with Gasteiger partial charge in [0.05, 0.1) is 5.69 Å². The molecule has 1 amide bonds. The van der Waals surface area contributed by atoms with E-state index in [2.05, 4.69) is 40.3 Å². The molecule has 6 rings (SSSR count). The molecule has 4 aromatic rings. The lowest BCUT2D eigenvalue weighted by molar-refractivity contribution is 0.0949. The maximum atomic E-state index is 15.2. The lowest BCUT2D eigenvalue weighted by atomic mass is 9.98. The first-order chi connectivity index (χ1) is 19.0. The third kappa shape index (κ3) is 5.18. The number of anilines is 1. The first-order valence-electron chi connectivity index (χ1n) is 14.0. The molecule has 0 spiro atoms. The summed E-state index contributed by atoms with van der Waals surface area (Å²) in [6, 6.07) is 17.3. The van der Waals surface area contributed by atoms with Crippen molar-refractivity contribution in [3.63, 3.8) is 0 Å². The molecule has 2 aliphatic rings. The Bertz CT molecular complexity index is 1560. The molecule has 2 aromatic heterocycles. The standard InChI is InChI=1S/C32H34FN5O/c1-3-21(2)25-9-5-4-8-22(25)14-15-34-32(39)29-19-30(23-10-11-23)38-31(35-29)20-28(36-38)26-13-12-24(18-27(26)33)37-16-6-7-17-37/h3-5,8-9,12-13,18-20,23H,6-7,10-11,14-17H2,1-2H3,(H,34,39)/b21-3-. The van der Waals surface area contributed by atoms with Crippen LogP contribution in [-0.2, 0) is 6.42 Å². The number of fused-ring (bicyclic) bond motifs is 1. The molecule has 1 N–H and O–H groups in total.